The van der Waals surface area contributed by atoms with Crippen molar-refractivity contribution in [2.75, 3.05) is 17.7 Å². The highest BCUT2D eigenvalue weighted by Crippen LogP contribution is 2.28. The fourth-order valence-corrected chi connectivity index (χ4v) is 4.60. The molecule has 0 aliphatic rings. The smallest absolute Gasteiger partial charge is 0.257 e. The highest BCUT2D eigenvalue weighted by Gasteiger charge is 2.13. The van der Waals surface area contributed by atoms with E-state index in [9.17, 15) is 9.59 Å². The van der Waals surface area contributed by atoms with Gasteiger partial charge in [-0.25, -0.2) is 0 Å². The van der Waals surface area contributed by atoms with Crippen LogP contribution in [0.4, 0.5) is 10.8 Å². The first-order valence-electron chi connectivity index (χ1n) is 11.2. The van der Waals surface area contributed by atoms with E-state index in [1.807, 2.05) is 66.7 Å². The van der Waals surface area contributed by atoms with Crippen molar-refractivity contribution in [1.29, 1.82) is 0 Å². The van der Waals surface area contributed by atoms with Gasteiger partial charge in [0.25, 0.3) is 5.91 Å². The van der Waals surface area contributed by atoms with Gasteiger partial charge in [-0.1, -0.05) is 59.9 Å². The summed E-state index contributed by atoms with van der Waals surface area (Å²) in [7, 11) is 1.61. The van der Waals surface area contributed by atoms with Crippen LogP contribution >= 0.6 is 11.3 Å². The summed E-state index contributed by atoms with van der Waals surface area (Å²) in [5.74, 6) is 0.260. The van der Waals surface area contributed by atoms with E-state index < -0.39 is 0 Å². The quantitative estimate of drug-likeness (QED) is 0.298. The standard InChI is InChI=1S/C28H22N4O3S/c1-35-23-14-12-19(13-15-23)27-31-32-28(36-27)30-26(34)21-9-5-10-22(16-21)29-25(33)17-20-8-4-7-18-6-2-3-11-24(18)20/h2-16H,17H2,1H3,(H,29,33)(H,30,32,34). The molecule has 2 N–H and O–H groups in total. The van der Waals surface area contributed by atoms with E-state index in [4.69, 9.17) is 4.74 Å². The van der Waals surface area contributed by atoms with Gasteiger partial charge in [0.1, 0.15) is 10.8 Å². The van der Waals surface area contributed by atoms with E-state index in [1.165, 1.54) is 11.3 Å². The van der Waals surface area contributed by atoms with E-state index >= 15 is 0 Å². The minimum Gasteiger partial charge on any atom is -0.497 e. The molecule has 8 heteroatoms. The number of benzene rings is 4. The van der Waals surface area contributed by atoms with E-state index in [0.717, 1.165) is 27.6 Å². The molecule has 36 heavy (non-hydrogen) atoms. The lowest BCUT2D eigenvalue weighted by atomic mass is 10.0. The molecular formula is C28H22N4O3S. The highest BCUT2D eigenvalue weighted by atomic mass is 32.1. The molecule has 0 aliphatic heterocycles. The molecule has 0 atom stereocenters. The summed E-state index contributed by atoms with van der Waals surface area (Å²) in [6.45, 7) is 0. The van der Waals surface area contributed by atoms with Crippen molar-refractivity contribution in [3.8, 4) is 16.3 Å². The van der Waals surface area contributed by atoms with E-state index in [1.54, 1.807) is 31.4 Å². The molecule has 0 saturated heterocycles. The SMILES string of the molecule is COc1ccc(-c2nnc(NC(=O)c3cccc(NC(=O)Cc4cccc5ccccc45)c3)s2)cc1. The predicted octanol–water partition coefficient (Wildman–Crippen LogP) is 5.80. The Balaban J connectivity index is 1.24. The Kier molecular flexibility index (Phi) is 6.68. The Morgan fingerprint density at radius 3 is 2.47 bits per heavy atom. The number of anilines is 2. The summed E-state index contributed by atoms with van der Waals surface area (Å²) in [5.41, 5.74) is 2.77. The Morgan fingerprint density at radius 2 is 1.64 bits per heavy atom. The van der Waals surface area contributed by atoms with Crippen LogP contribution in [0.5, 0.6) is 5.75 Å². The highest BCUT2D eigenvalue weighted by molar-refractivity contribution is 7.18. The van der Waals surface area contributed by atoms with E-state index in [-0.39, 0.29) is 18.2 Å². The molecule has 7 nitrogen and oxygen atoms in total. The summed E-state index contributed by atoms with van der Waals surface area (Å²) in [5, 5.41) is 17.1. The van der Waals surface area contributed by atoms with Crippen LogP contribution in [0, 0.1) is 0 Å². The zero-order valence-electron chi connectivity index (χ0n) is 19.4. The normalized spacial score (nSPS) is 10.7. The van der Waals surface area contributed by atoms with Crippen LogP contribution in [0.25, 0.3) is 21.3 Å². The number of amides is 2. The van der Waals surface area contributed by atoms with Crippen LogP contribution in [0.15, 0.2) is 91.0 Å². The minimum atomic E-state index is -0.336. The van der Waals surface area contributed by atoms with Gasteiger partial charge in [-0.15, -0.1) is 10.2 Å². The maximum atomic E-state index is 12.8. The van der Waals surface area contributed by atoms with Crippen LogP contribution in [0.3, 0.4) is 0 Å². The first-order valence-corrected chi connectivity index (χ1v) is 12.1. The number of nitrogens with zero attached hydrogens (tertiary/aromatic N) is 2. The minimum absolute atomic E-state index is 0.155. The average molecular weight is 495 g/mol. The Labute approximate surface area is 211 Å². The van der Waals surface area contributed by atoms with Gasteiger partial charge in [-0.2, -0.15) is 0 Å². The number of carbonyl (C=O) groups is 2. The van der Waals surface area contributed by atoms with Gasteiger partial charge in [0.15, 0.2) is 0 Å². The Bertz CT molecular complexity index is 1540. The predicted molar refractivity (Wildman–Crippen MR) is 143 cm³/mol. The third-order valence-corrected chi connectivity index (χ3v) is 6.51. The van der Waals surface area contributed by atoms with Gasteiger partial charge < -0.3 is 10.1 Å². The van der Waals surface area contributed by atoms with Crippen LogP contribution in [-0.2, 0) is 11.2 Å². The molecule has 0 unspecified atom stereocenters. The number of fused-ring (bicyclic) bond motifs is 1. The number of hydrogen-bond donors (Lipinski definition) is 2. The molecule has 2 amide bonds. The van der Waals surface area contributed by atoms with Crippen molar-refractivity contribution in [3.05, 3.63) is 102 Å². The lowest BCUT2D eigenvalue weighted by molar-refractivity contribution is -0.115. The second-order valence-corrected chi connectivity index (χ2v) is 9.02. The maximum Gasteiger partial charge on any atom is 0.257 e. The maximum absolute atomic E-state index is 12.8. The number of nitrogens with one attached hydrogen (secondary N) is 2. The van der Waals surface area contributed by atoms with Gasteiger partial charge in [0, 0.05) is 16.8 Å². The number of carbonyl (C=O) groups excluding carboxylic acids is 2. The van der Waals surface area contributed by atoms with Gasteiger partial charge in [0.2, 0.25) is 11.0 Å². The van der Waals surface area contributed by atoms with Gasteiger partial charge in [-0.05, 0) is 58.8 Å². The fourth-order valence-electron chi connectivity index (χ4n) is 3.86. The summed E-state index contributed by atoms with van der Waals surface area (Å²) >= 11 is 1.27. The molecule has 0 saturated carbocycles. The summed E-state index contributed by atoms with van der Waals surface area (Å²) in [4.78, 5) is 25.6. The van der Waals surface area contributed by atoms with Crippen molar-refractivity contribution in [2.24, 2.45) is 0 Å². The number of ether oxygens (including phenoxy) is 1. The van der Waals surface area contributed by atoms with E-state index in [0.29, 0.717) is 21.4 Å². The molecule has 0 fully saturated rings. The lowest BCUT2D eigenvalue weighted by Crippen LogP contribution is -2.16. The number of rotatable bonds is 7. The fraction of sp³-hybridized carbons (Fsp3) is 0.0714. The molecular weight excluding hydrogens is 472 g/mol. The third-order valence-electron chi connectivity index (χ3n) is 5.62. The van der Waals surface area contributed by atoms with Gasteiger partial charge in [-0.3, -0.25) is 14.9 Å². The molecule has 1 heterocycles. The molecule has 0 aliphatic carbocycles. The van der Waals surface area contributed by atoms with Crippen LogP contribution in [-0.4, -0.2) is 29.1 Å². The topological polar surface area (TPSA) is 93.2 Å². The molecule has 5 rings (SSSR count). The average Bonchev–Trinajstić information content (AvgIpc) is 3.37. The summed E-state index contributed by atoms with van der Waals surface area (Å²) in [6.07, 6.45) is 0.233. The lowest BCUT2D eigenvalue weighted by Gasteiger charge is -2.09. The van der Waals surface area contributed by atoms with Crippen molar-refractivity contribution < 1.29 is 14.3 Å². The Hall–Kier alpha value is -4.56. The van der Waals surface area contributed by atoms with Crippen molar-refractivity contribution in [1.82, 2.24) is 10.2 Å². The number of methoxy groups -OCH3 is 1. The molecule has 0 bridgehead atoms. The molecule has 1 aromatic heterocycles. The third kappa shape index (κ3) is 5.24. The molecule has 0 radical (unpaired) electrons. The molecule has 0 spiro atoms. The van der Waals surface area contributed by atoms with Crippen LogP contribution in [0.2, 0.25) is 0 Å². The van der Waals surface area contributed by atoms with Crippen molar-refractivity contribution in [2.45, 2.75) is 6.42 Å². The van der Waals surface area contributed by atoms with Crippen LogP contribution < -0.4 is 15.4 Å². The van der Waals surface area contributed by atoms with Gasteiger partial charge in [0.05, 0.1) is 13.5 Å². The zero-order chi connectivity index (χ0) is 24.9. The van der Waals surface area contributed by atoms with Gasteiger partial charge >= 0.3 is 0 Å². The zero-order valence-corrected chi connectivity index (χ0v) is 20.2. The second kappa shape index (κ2) is 10.4. The summed E-state index contributed by atoms with van der Waals surface area (Å²) < 4.78 is 5.18. The van der Waals surface area contributed by atoms with Crippen molar-refractivity contribution >= 4 is 44.7 Å². The molecule has 5 aromatic rings. The molecule has 178 valence electrons. The monoisotopic (exact) mass is 494 g/mol. The second-order valence-electron chi connectivity index (χ2n) is 8.04. The van der Waals surface area contributed by atoms with Crippen LogP contribution in [0.1, 0.15) is 15.9 Å². The van der Waals surface area contributed by atoms with E-state index in [2.05, 4.69) is 20.8 Å². The number of hydrogen-bond acceptors (Lipinski definition) is 6. The first kappa shape index (κ1) is 23.2. The first-order chi connectivity index (χ1) is 17.6. The largest absolute Gasteiger partial charge is 0.497 e. The van der Waals surface area contributed by atoms with Crippen molar-refractivity contribution in [3.63, 3.8) is 0 Å². The Morgan fingerprint density at radius 1 is 0.861 bits per heavy atom. The summed E-state index contributed by atoms with van der Waals surface area (Å²) in [6, 6.07) is 28.2. The number of aromatic nitrogens is 2. The molecule has 4 aromatic carbocycles.